The van der Waals surface area contributed by atoms with Gasteiger partial charge in [0.05, 0.1) is 13.2 Å². The summed E-state index contributed by atoms with van der Waals surface area (Å²) >= 11 is 0. The van der Waals surface area contributed by atoms with Gasteiger partial charge in [-0.15, -0.1) is 10.2 Å². The van der Waals surface area contributed by atoms with E-state index in [-0.39, 0.29) is 0 Å². The van der Waals surface area contributed by atoms with Crippen LogP contribution in [0.1, 0.15) is 19.7 Å². The number of fused-ring (bicyclic) bond motifs is 1. The van der Waals surface area contributed by atoms with E-state index in [2.05, 4.69) is 25.8 Å². The molecular weight excluding hydrogens is 280 g/mol. The van der Waals surface area contributed by atoms with Crippen LogP contribution in [0.2, 0.25) is 0 Å². The molecule has 2 heterocycles. The van der Waals surface area contributed by atoms with Crippen LogP contribution < -0.4 is 10.6 Å². The molecule has 2 rings (SSSR count). The van der Waals surface area contributed by atoms with Crippen LogP contribution in [0.4, 0.5) is 0 Å². The van der Waals surface area contributed by atoms with E-state index in [1.54, 1.807) is 0 Å². The maximum atomic E-state index is 5.29. The monoisotopic (exact) mass is 304 g/mol. The first-order valence-electron chi connectivity index (χ1n) is 7.73. The summed E-state index contributed by atoms with van der Waals surface area (Å²) < 4.78 is 7.29. The highest BCUT2D eigenvalue weighted by Gasteiger charge is 2.04. The first-order chi connectivity index (χ1) is 10.8. The van der Waals surface area contributed by atoms with E-state index < -0.39 is 0 Å². The Morgan fingerprint density at radius 3 is 3.00 bits per heavy atom. The molecule has 2 aromatic rings. The minimum absolute atomic E-state index is 0.641. The zero-order valence-electron chi connectivity index (χ0n) is 13.2. The van der Waals surface area contributed by atoms with Crippen LogP contribution in [-0.4, -0.2) is 53.4 Å². The maximum Gasteiger partial charge on any atom is 0.191 e. The second kappa shape index (κ2) is 8.99. The molecule has 0 saturated carbocycles. The number of nitrogens with zero attached hydrogens (tertiary/aromatic N) is 4. The second-order valence-corrected chi connectivity index (χ2v) is 4.68. The predicted molar refractivity (Wildman–Crippen MR) is 87.2 cm³/mol. The second-order valence-electron chi connectivity index (χ2n) is 4.68. The summed E-state index contributed by atoms with van der Waals surface area (Å²) in [5, 5.41) is 14.9. The van der Waals surface area contributed by atoms with Crippen molar-refractivity contribution < 1.29 is 4.74 Å². The highest BCUT2D eigenvalue weighted by Crippen LogP contribution is 2.02. The van der Waals surface area contributed by atoms with Crippen LogP contribution in [0.5, 0.6) is 0 Å². The van der Waals surface area contributed by atoms with E-state index in [0.29, 0.717) is 13.2 Å². The molecule has 0 fully saturated rings. The Labute approximate surface area is 130 Å². The smallest absolute Gasteiger partial charge is 0.191 e. The van der Waals surface area contributed by atoms with Crippen LogP contribution in [0.25, 0.3) is 5.65 Å². The van der Waals surface area contributed by atoms with Crippen molar-refractivity contribution in [2.45, 2.75) is 20.3 Å². The molecule has 0 saturated heterocycles. The molecule has 0 aliphatic carbocycles. The summed E-state index contributed by atoms with van der Waals surface area (Å²) in [6.45, 7) is 7.62. The van der Waals surface area contributed by atoms with Crippen molar-refractivity contribution in [3.8, 4) is 0 Å². The number of aliphatic imine (C=N–C) groups is 1. The Morgan fingerprint density at radius 2 is 2.18 bits per heavy atom. The Kier molecular flexibility index (Phi) is 6.63. The Morgan fingerprint density at radius 1 is 1.27 bits per heavy atom. The summed E-state index contributed by atoms with van der Waals surface area (Å²) in [6, 6.07) is 5.88. The molecule has 0 aliphatic rings. The summed E-state index contributed by atoms with van der Waals surface area (Å²) in [4.78, 5) is 4.46. The van der Waals surface area contributed by atoms with Gasteiger partial charge in [0.15, 0.2) is 11.6 Å². The van der Waals surface area contributed by atoms with Crippen molar-refractivity contribution in [3.63, 3.8) is 0 Å². The fraction of sp³-hybridized carbons (Fsp3) is 0.533. The molecule has 0 aromatic carbocycles. The molecule has 22 heavy (non-hydrogen) atoms. The highest BCUT2D eigenvalue weighted by molar-refractivity contribution is 5.79. The number of nitrogens with one attached hydrogen (secondary N) is 2. The van der Waals surface area contributed by atoms with Gasteiger partial charge in [0.1, 0.15) is 5.82 Å². The fourth-order valence-corrected chi connectivity index (χ4v) is 2.06. The van der Waals surface area contributed by atoms with Crippen LogP contribution in [0.3, 0.4) is 0 Å². The Bertz CT molecular complexity index is 594. The molecule has 0 radical (unpaired) electrons. The third-order valence-electron chi connectivity index (χ3n) is 3.08. The number of aromatic nitrogens is 3. The minimum atomic E-state index is 0.641. The molecule has 0 spiro atoms. The number of hydrogen-bond donors (Lipinski definition) is 2. The third kappa shape index (κ3) is 4.70. The molecule has 120 valence electrons. The Hall–Kier alpha value is -2.15. The molecule has 0 bridgehead atoms. The molecule has 2 aromatic heterocycles. The number of hydrogen-bond acceptors (Lipinski definition) is 4. The lowest BCUT2D eigenvalue weighted by Gasteiger charge is -2.10. The van der Waals surface area contributed by atoms with Crippen molar-refractivity contribution >= 4 is 11.6 Å². The predicted octanol–water partition coefficient (Wildman–Crippen LogP) is 0.863. The van der Waals surface area contributed by atoms with E-state index in [0.717, 1.165) is 43.5 Å². The first-order valence-corrected chi connectivity index (χ1v) is 7.73. The lowest BCUT2D eigenvalue weighted by Crippen LogP contribution is -2.38. The summed E-state index contributed by atoms with van der Waals surface area (Å²) in [7, 11) is 0. The van der Waals surface area contributed by atoms with Crippen LogP contribution in [0, 0.1) is 0 Å². The average Bonchev–Trinajstić information content (AvgIpc) is 2.95. The standard InChI is InChI=1S/C15H24N6O/c1-3-16-15(18-10-12-22-4-2)17-9-8-14-20-19-13-7-5-6-11-21(13)14/h5-7,11H,3-4,8-10,12H2,1-2H3,(H2,16,17,18). The lowest BCUT2D eigenvalue weighted by atomic mass is 10.4. The van der Waals surface area contributed by atoms with Crippen molar-refractivity contribution in [2.24, 2.45) is 4.99 Å². The van der Waals surface area contributed by atoms with Gasteiger partial charge < -0.3 is 15.4 Å². The van der Waals surface area contributed by atoms with Gasteiger partial charge in [-0.1, -0.05) is 6.07 Å². The van der Waals surface area contributed by atoms with Gasteiger partial charge in [0.2, 0.25) is 0 Å². The minimum Gasteiger partial charge on any atom is -0.380 e. The molecule has 0 aliphatic heterocycles. The lowest BCUT2D eigenvalue weighted by molar-refractivity contribution is 0.155. The fourth-order valence-electron chi connectivity index (χ4n) is 2.06. The van der Waals surface area contributed by atoms with Crippen LogP contribution in [-0.2, 0) is 11.2 Å². The number of guanidine groups is 1. The first kappa shape index (κ1) is 16.2. The third-order valence-corrected chi connectivity index (χ3v) is 3.08. The molecule has 0 atom stereocenters. The zero-order valence-corrected chi connectivity index (χ0v) is 13.2. The van der Waals surface area contributed by atoms with Crippen molar-refractivity contribution in [1.29, 1.82) is 0 Å². The van der Waals surface area contributed by atoms with E-state index in [9.17, 15) is 0 Å². The topological polar surface area (TPSA) is 75.8 Å². The van der Waals surface area contributed by atoms with Gasteiger partial charge in [-0.3, -0.25) is 9.39 Å². The Balaban J connectivity index is 1.84. The van der Waals surface area contributed by atoms with Gasteiger partial charge >= 0.3 is 0 Å². The summed E-state index contributed by atoms with van der Waals surface area (Å²) in [5.74, 6) is 1.74. The van der Waals surface area contributed by atoms with Crippen molar-refractivity contribution in [2.75, 3.05) is 32.8 Å². The number of rotatable bonds is 8. The van der Waals surface area contributed by atoms with Gasteiger partial charge in [0, 0.05) is 32.3 Å². The van der Waals surface area contributed by atoms with Crippen molar-refractivity contribution in [3.05, 3.63) is 30.2 Å². The van der Waals surface area contributed by atoms with Gasteiger partial charge in [-0.25, -0.2) is 0 Å². The molecule has 7 nitrogen and oxygen atoms in total. The normalized spacial score (nSPS) is 11.8. The summed E-state index contributed by atoms with van der Waals surface area (Å²) in [5.41, 5.74) is 0.870. The van der Waals surface area contributed by atoms with Gasteiger partial charge in [-0.05, 0) is 26.0 Å². The number of pyridine rings is 1. The van der Waals surface area contributed by atoms with Crippen LogP contribution >= 0.6 is 0 Å². The zero-order chi connectivity index (χ0) is 15.6. The van der Waals surface area contributed by atoms with E-state index in [4.69, 9.17) is 4.74 Å². The molecule has 0 unspecified atom stereocenters. The molecular formula is C15H24N6O. The molecule has 2 N–H and O–H groups in total. The van der Waals surface area contributed by atoms with Gasteiger partial charge in [0.25, 0.3) is 0 Å². The average molecular weight is 304 g/mol. The van der Waals surface area contributed by atoms with Crippen LogP contribution in [0.15, 0.2) is 29.4 Å². The van der Waals surface area contributed by atoms with E-state index in [1.807, 2.05) is 42.6 Å². The highest BCUT2D eigenvalue weighted by atomic mass is 16.5. The van der Waals surface area contributed by atoms with E-state index >= 15 is 0 Å². The number of ether oxygens (including phenoxy) is 1. The largest absolute Gasteiger partial charge is 0.380 e. The maximum absolute atomic E-state index is 5.29. The molecule has 0 amide bonds. The summed E-state index contributed by atoms with van der Waals surface area (Å²) in [6.07, 6.45) is 2.76. The van der Waals surface area contributed by atoms with E-state index in [1.165, 1.54) is 0 Å². The van der Waals surface area contributed by atoms with Crippen molar-refractivity contribution in [1.82, 2.24) is 25.2 Å². The quantitative estimate of drug-likeness (QED) is 0.430. The SMILES string of the molecule is CCNC(=NCCOCC)NCCc1nnc2ccccn12. The van der Waals surface area contributed by atoms with Gasteiger partial charge in [-0.2, -0.15) is 0 Å². The molecule has 7 heteroatoms.